The lowest BCUT2D eigenvalue weighted by Crippen LogP contribution is -2.18. The molecule has 0 amide bonds. The Balaban J connectivity index is 2.79. The molecule has 0 fully saturated rings. The maximum absolute atomic E-state index is 5.42. The molecule has 15 heavy (non-hydrogen) atoms. The van der Waals surface area contributed by atoms with Gasteiger partial charge in [-0.2, -0.15) is 0 Å². The third-order valence-electron chi connectivity index (χ3n) is 1.95. The molecule has 1 rings (SSSR count). The van der Waals surface area contributed by atoms with E-state index in [1.54, 1.807) is 6.20 Å². The number of aryl methyl sites for hydroxylation is 1. The zero-order valence-corrected chi connectivity index (χ0v) is 10.5. The van der Waals surface area contributed by atoms with Gasteiger partial charge in [0.05, 0.1) is 10.5 Å². The summed E-state index contributed by atoms with van der Waals surface area (Å²) in [5.41, 5.74) is 0. The van der Waals surface area contributed by atoms with E-state index in [4.69, 9.17) is 6.42 Å². The van der Waals surface area contributed by atoms with Crippen LogP contribution in [-0.4, -0.2) is 16.0 Å². The Hall–Kier alpha value is -1.08. The van der Waals surface area contributed by atoms with Crippen molar-refractivity contribution in [2.75, 3.05) is 5.32 Å². The minimum Gasteiger partial charge on any atom is -0.355 e. The van der Waals surface area contributed by atoms with Gasteiger partial charge in [0.25, 0.3) is 0 Å². The van der Waals surface area contributed by atoms with Crippen molar-refractivity contribution in [3.05, 3.63) is 16.5 Å². The van der Waals surface area contributed by atoms with Crippen molar-refractivity contribution >= 4 is 21.7 Å². The van der Waals surface area contributed by atoms with E-state index in [2.05, 4.69) is 44.1 Å². The molecule has 1 N–H and O–H groups in total. The first kappa shape index (κ1) is 12.0. The van der Waals surface area contributed by atoms with Gasteiger partial charge in [-0.15, -0.1) is 6.42 Å². The molecule has 0 saturated carbocycles. The Labute approximate surface area is 98.8 Å². The van der Waals surface area contributed by atoms with E-state index >= 15 is 0 Å². The zero-order valence-electron chi connectivity index (χ0n) is 8.92. The average molecular weight is 268 g/mol. The molecular weight excluding hydrogens is 254 g/mol. The van der Waals surface area contributed by atoms with Crippen LogP contribution in [0.4, 0.5) is 5.82 Å². The quantitative estimate of drug-likeness (QED) is 0.853. The molecule has 3 nitrogen and oxygen atoms in total. The van der Waals surface area contributed by atoms with E-state index in [-0.39, 0.29) is 6.04 Å². The van der Waals surface area contributed by atoms with Gasteiger partial charge >= 0.3 is 0 Å². The Bertz CT molecular complexity index is 371. The van der Waals surface area contributed by atoms with Crippen LogP contribution in [0.3, 0.4) is 0 Å². The summed E-state index contributed by atoms with van der Waals surface area (Å²) in [6, 6.07) is 0.0283. The molecule has 0 bridgehead atoms. The van der Waals surface area contributed by atoms with Crippen molar-refractivity contribution in [1.29, 1.82) is 0 Å². The number of terminal acetylenes is 1. The second-order valence-electron chi connectivity index (χ2n) is 3.27. The van der Waals surface area contributed by atoms with Crippen LogP contribution in [0.25, 0.3) is 0 Å². The largest absolute Gasteiger partial charge is 0.355 e. The van der Waals surface area contributed by atoms with Gasteiger partial charge in [-0.1, -0.05) is 19.3 Å². The fraction of sp³-hybridized carbons (Fsp3) is 0.455. The van der Waals surface area contributed by atoms with Crippen LogP contribution in [-0.2, 0) is 0 Å². The minimum absolute atomic E-state index is 0.0283. The number of aromatic nitrogens is 2. The lowest BCUT2D eigenvalue weighted by molar-refractivity contribution is 0.750. The molecule has 0 aliphatic carbocycles. The van der Waals surface area contributed by atoms with E-state index in [0.29, 0.717) is 0 Å². The predicted octanol–water partition coefficient (Wildman–Crippen LogP) is 2.76. The van der Waals surface area contributed by atoms with Crippen LogP contribution >= 0.6 is 15.9 Å². The molecule has 0 saturated heterocycles. The van der Waals surface area contributed by atoms with Crippen molar-refractivity contribution in [1.82, 2.24) is 9.97 Å². The standard InChI is InChI=1S/C11H14BrN3/c1-4-6-9(5-2)15-11-10(12)7-13-8(3)14-11/h2,7,9H,4,6H2,1,3H3,(H,13,14,15). The van der Waals surface area contributed by atoms with Crippen LogP contribution in [0.2, 0.25) is 0 Å². The molecule has 0 aliphatic heterocycles. The number of hydrogen-bond acceptors (Lipinski definition) is 3. The highest BCUT2D eigenvalue weighted by atomic mass is 79.9. The molecule has 0 radical (unpaired) electrons. The number of anilines is 1. The molecular formula is C11H14BrN3. The van der Waals surface area contributed by atoms with Gasteiger partial charge in [0.1, 0.15) is 11.6 Å². The summed E-state index contributed by atoms with van der Waals surface area (Å²) >= 11 is 3.38. The third kappa shape index (κ3) is 3.52. The van der Waals surface area contributed by atoms with Crippen LogP contribution in [0, 0.1) is 19.3 Å². The average Bonchev–Trinajstić information content (AvgIpc) is 2.22. The van der Waals surface area contributed by atoms with Crippen LogP contribution in [0.1, 0.15) is 25.6 Å². The van der Waals surface area contributed by atoms with E-state index in [1.165, 1.54) is 0 Å². The minimum atomic E-state index is 0.0283. The molecule has 1 aromatic heterocycles. The number of nitrogens with zero attached hydrogens (tertiary/aromatic N) is 2. The number of hydrogen-bond donors (Lipinski definition) is 1. The van der Waals surface area contributed by atoms with Crippen molar-refractivity contribution in [2.45, 2.75) is 32.7 Å². The molecule has 0 aliphatic rings. The van der Waals surface area contributed by atoms with Gasteiger partial charge in [-0.05, 0) is 29.3 Å². The Morgan fingerprint density at radius 3 is 3.00 bits per heavy atom. The summed E-state index contributed by atoms with van der Waals surface area (Å²) in [5.74, 6) is 4.20. The van der Waals surface area contributed by atoms with Gasteiger partial charge in [-0.25, -0.2) is 9.97 Å². The Morgan fingerprint density at radius 2 is 2.40 bits per heavy atom. The van der Waals surface area contributed by atoms with Gasteiger partial charge in [0.2, 0.25) is 0 Å². The normalized spacial score (nSPS) is 11.9. The fourth-order valence-electron chi connectivity index (χ4n) is 1.21. The van der Waals surface area contributed by atoms with E-state index in [9.17, 15) is 0 Å². The first-order valence-electron chi connectivity index (χ1n) is 4.89. The van der Waals surface area contributed by atoms with Gasteiger partial charge in [0, 0.05) is 6.20 Å². The highest BCUT2D eigenvalue weighted by molar-refractivity contribution is 9.10. The molecule has 1 unspecified atom stereocenters. The van der Waals surface area contributed by atoms with E-state index < -0.39 is 0 Å². The first-order chi connectivity index (χ1) is 7.17. The molecule has 1 aromatic rings. The lowest BCUT2D eigenvalue weighted by Gasteiger charge is -2.13. The molecule has 0 spiro atoms. The summed E-state index contributed by atoms with van der Waals surface area (Å²) in [6.07, 6.45) is 9.13. The first-order valence-corrected chi connectivity index (χ1v) is 5.68. The van der Waals surface area contributed by atoms with Crippen LogP contribution in [0.15, 0.2) is 10.7 Å². The smallest absolute Gasteiger partial charge is 0.145 e. The maximum atomic E-state index is 5.42. The molecule has 4 heteroatoms. The Morgan fingerprint density at radius 1 is 1.67 bits per heavy atom. The second-order valence-corrected chi connectivity index (χ2v) is 4.12. The summed E-state index contributed by atoms with van der Waals surface area (Å²) in [5, 5.41) is 3.20. The number of rotatable bonds is 4. The summed E-state index contributed by atoms with van der Waals surface area (Å²) < 4.78 is 0.837. The maximum Gasteiger partial charge on any atom is 0.145 e. The summed E-state index contributed by atoms with van der Waals surface area (Å²) in [6.45, 7) is 3.95. The van der Waals surface area contributed by atoms with Crippen molar-refractivity contribution < 1.29 is 0 Å². The zero-order chi connectivity index (χ0) is 11.3. The molecule has 1 heterocycles. The van der Waals surface area contributed by atoms with Crippen molar-refractivity contribution in [3.8, 4) is 12.3 Å². The second kappa shape index (κ2) is 5.72. The summed E-state index contributed by atoms with van der Waals surface area (Å²) in [4.78, 5) is 8.35. The molecule has 1 atom stereocenters. The van der Waals surface area contributed by atoms with Gasteiger partial charge < -0.3 is 5.32 Å². The van der Waals surface area contributed by atoms with E-state index in [1.807, 2.05) is 6.92 Å². The van der Waals surface area contributed by atoms with Crippen molar-refractivity contribution in [2.24, 2.45) is 0 Å². The number of nitrogens with one attached hydrogen (secondary N) is 1. The topological polar surface area (TPSA) is 37.8 Å². The Kier molecular flexibility index (Phi) is 4.57. The SMILES string of the molecule is C#CC(CCC)Nc1nc(C)ncc1Br. The van der Waals surface area contributed by atoms with Gasteiger partial charge in [0.15, 0.2) is 0 Å². The highest BCUT2D eigenvalue weighted by Gasteiger charge is 2.08. The van der Waals surface area contributed by atoms with E-state index in [0.717, 1.165) is 29.0 Å². The van der Waals surface area contributed by atoms with Crippen LogP contribution in [0.5, 0.6) is 0 Å². The predicted molar refractivity (Wildman–Crippen MR) is 65.6 cm³/mol. The summed E-state index contributed by atoms with van der Waals surface area (Å²) in [7, 11) is 0. The molecule has 0 aromatic carbocycles. The third-order valence-corrected chi connectivity index (χ3v) is 2.53. The number of halogens is 1. The fourth-order valence-corrected chi connectivity index (χ4v) is 1.51. The molecule has 80 valence electrons. The van der Waals surface area contributed by atoms with Crippen molar-refractivity contribution in [3.63, 3.8) is 0 Å². The monoisotopic (exact) mass is 267 g/mol. The highest BCUT2D eigenvalue weighted by Crippen LogP contribution is 2.19. The van der Waals surface area contributed by atoms with Gasteiger partial charge in [-0.3, -0.25) is 0 Å². The van der Waals surface area contributed by atoms with Crippen LogP contribution < -0.4 is 5.32 Å². The lowest BCUT2D eigenvalue weighted by atomic mass is 10.2.